The highest BCUT2D eigenvalue weighted by molar-refractivity contribution is 6.30. The number of carbonyl (C=O) groups is 1. The number of rotatable bonds is 4. The fraction of sp³-hybridized carbons (Fsp3) is 0.500. The molecule has 1 heterocycles. The smallest absolute Gasteiger partial charge is 0.224 e. The molecule has 2 rings (SSSR count). The van der Waals surface area contributed by atoms with Crippen LogP contribution >= 0.6 is 11.6 Å². The topological polar surface area (TPSA) is 32.3 Å². The number of halogens is 1. The zero-order valence-corrected chi connectivity index (χ0v) is 11.4. The summed E-state index contributed by atoms with van der Waals surface area (Å²) in [6.45, 7) is 1.61. The van der Waals surface area contributed by atoms with E-state index in [1.807, 2.05) is 36.2 Å². The van der Waals surface area contributed by atoms with Gasteiger partial charge in [-0.15, -0.1) is 0 Å². The zero-order chi connectivity index (χ0) is 13.0. The lowest BCUT2D eigenvalue weighted by Gasteiger charge is -2.25. The summed E-state index contributed by atoms with van der Waals surface area (Å²) in [5, 5.41) is 3.76. The first-order valence-corrected chi connectivity index (χ1v) is 6.79. The summed E-state index contributed by atoms with van der Waals surface area (Å²) in [5.74, 6) is 0.238. The van der Waals surface area contributed by atoms with Crippen molar-refractivity contribution in [3.05, 3.63) is 34.9 Å². The number of likely N-dealkylation sites (tertiary alicyclic amines) is 1. The SMILES string of the molecule is CNCCC(=O)N1CCCC1c1ccc(Cl)cc1. The second kappa shape index (κ2) is 6.21. The van der Waals surface area contributed by atoms with E-state index in [2.05, 4.69) is 5.32 Å². The molecule has 0 radical (unpaired) electrons. The van der Waals surface area contributed by atoms with Crippen LogP contribution < -0.4 is 5.32 Å². The van der Waals surface area contributed by atoms with Crippen molar-refractivity contribution < 1.29 is 4.79 Å². The van der Waals surface area contributed by atoms with Crippen LogP contribution in [0.5, 0.6) is 0 Å². The molecule has 0 aliphatic carbocycles. The summed E-state index contributed by atoms with van der Waals surface area (Å²) < 4.78 is 0. The number of nitrogens with one attached hydrogen (secondary N) is 1. The number of carbonyl (C=O) groups excluding carboxylic acids is 1. The van der Waals surface area contributed by atoms with Gasteiger partial charge in [0.25, 0.3) is 0 Å². The molecule has 98 valence electrons. The molecular formula is C14H19ClN2O. The molecule has 1 aliphatic heterocycles. The average Bonchev–Trinajstić information content (AvgIpc) is 2.86. The first kappa shape index (κ1) is 13.4. The van der Waals surface area contributed by atoms with E-state index < -0.39 is 0 Å². The van der Waals surface area contributed by atoms with Gasteiger partial charge in [-0.1, -0.05) is 23.7 Å². The van der Waals surface area contributed by atoms with E-state index in [4.69, 9.17) is 11.6 Å². The van der Waals surface area contributed by atoms with Crippen molar-refractivity contribution in [1.82, 2.24) is 10.2 Å². The standard InChI is InChI=1S/C14H19ClN2O/c1-16-9-8-14(18)17-10-2-3-13(17)11-4-6-12(15)7-5-11/h4-7,13,16H,2-3,8-10H2,1H3. The van der Waals surface area contributed by atoms with Gasteiger partial charge in [0.05, 0.1) is 6.04 Å². The van der Waals surface area contributed by atoms with Crippen LogP contribution in [0, 0.1) is 0 Å². The molecular weight excluding hydrogens is 248 g/mol. The second-order valence-electron chi connectivity index (χ2n) is 4.65. The third-order valence-electron chi connectivity index (χ3n) is 3.42. The van der Waals surface area contributed by atoms with Gasteiger partial charge in [-0.2, -0.15) is 0 Å². The van der Waals surface area contributed by atoms with Crippen LogP contribution in [0.2, 0.25) is 5.02 Å². The quantitative estimate of drug-likeness (QED) is 0.909. The molecule has 1 atom stereocenters. The third kappa shape index (κ3) is 3.03. The molecule has 0 aromatic heterocycles. The molecule has 1 N–H and O–H groups in total. The molecule has 1 unspecified atom stereocenters. The molecule has 0 spiro atoms. The minimum Gasteiger partial charge on any atom is -0.336 e. The normalized spacial score (nSPS) is 19.2. The highest BCUT2D eigenvalue weighted by atomic mass is 35.5. The van der Waals surface area contributed by atoms with Crippen LogP contribution in [0.25, 0.3) is 0 Å². The van der Waals surface area contributed by atoms with Gasteiger partial charge in [0.2, 0.25) is 5.91 Å². The van der Waals surface area contributed by atoms with E-state index in [-0.39, 0.29) is 11.9 Å². The van der Waals surface area contributed by atoms with Gasteiger partial charge < -0.3 is 10.2 Å². The van der Waals surface area contributed by atoms with Crippen LogP contribution in [0.1, 0.15) is 30.9 Å². The molecule has 1 fully saturated rings. The minimum atomic E-state index is 0.228. The molecule has 0 bridgehead atoms. The van der Waals surface area contributed by atoms with Crippen molar-refractivity contribution in [2.24, 2.45) is 0 Å². The predicted molar refractivity (Wildman–Crippen MR) is 73.7 cm³/mol. The lowest BCUT2D eigenvalue weighted by molar-refractivity contribution is -0.132. The average molecular weight is 267 g/mol. The lowest BCUT2D eigenvalue weighted by atomic mass is 10.0. The number of hydrogen-bond acceptors (Lipinski definition) is 2. The number of amides is 1. The van der Waals surface area contributed by atoms with Crippen LogP contribution in [-0.2, 0) is 4.79 Å². The van der Waals surface area contributed by atoms with Crippen molar-refractivity contribution in [3.63, 3.8) is 0 Å². The second-order valence-corrected chi connectivity index (χ2v) is 5.09. The first-order chi connectivity index (χ1) is 8.72. The maximum Gasteiger partial charge on any atom is 0.224 e. The minimum absolute atomic E-state index is 0.228. The number of nitrogens with zero attached hydrogens (tertiary/aromatic N) is 1. The van der Waals surface area contributed by atoms with Gasteiger partial charge in [0.15, 0.2) is 0 Å². The Labute approximate surface area is 113 Å². The molecule has 1 saturated heterocycles. The van der Waals surface area contributed by atoms with Gasteiger partial charge in [-0.3, -0.25) is 4.79 Å². The fourth-order valence-corrected chi connectivity index (χ4v) is 2.60. The van der Waals surface area contributed by atoms with Crippen LogP contribution in [0.3, 0.4) is 0 Å². The molecule has 4 heteroatoms. The Kier molecular flexibility index (Phi) is 4.61. The Balaban J connectivity index is 2.07. The Morgan fingerprint density at radius 1 is 1.44 bits per heavy atom. The van der Waals surface area contributed by atoms with Crippen LogP contribution in [0.15, 0.2) is 24.3 Å². The van der Waals surface area contributed by atoms with Gasteiger partial charge in [0.1, 0.15) is 0 Å². The van der Waals surface area contributed by atoms with E-state index in [1.54, 1.807) is 0 Å². The largest absolute Gasteiger partial charge is 0.336 e. The summed E-state index contributed by atoms with van der Waals surface area (Å²) in [7, 11) is 1.87. The third-order valence-corrected chi connectivity index (χ3v) is 3.67. The highest BCUT2D eigenvalue weighted by Gasteiger charge is 2.29. The van der Waals surface area contributed by atoms with E-state index >= 15 is 0 Å². The highest BCUT2D eigenvalue weighted by Crippen LogP contribution is 2.32. The Morgan fingerprint density at radius 3 is 2.83 bits per heavy atom. The maximum absolute atomic E-state index is 12.1. The summed E-state index contributed by atoms with van der Waals surface area (Å²) >= 11 is 5.90. The fourth-order valence-electron chi connectivity index (χ4n) is 2.47. The van der Waals surface area contributed by atoms with Crippen molar-refractivity contribution in [1.29, 1.82) is 0 Å². The Morgan fingerprint density at radius 2 is 2.17 bits per heavy atom. The Bertz CT molecular complexity index is 405. The van der Waals surface area contributed by atoms with Gasteiger partial charge in [-0.25, -0.2) is 0 Å². The van der Waals surface area contributed by atoms with Crippen LogP contribution in [-0.4, -0.2) is 30.9 Å². The maximum atomic E-state index is 12.1. The van der Waals surface area contributed by atoms with E-state index in [9.17, 15) is 4.79 Å². The molecule has 1 aromatic rings. The van der Waals surface area contributed by atoms with Crippen molar-refractivity contribution in [2.75, 3.05) is 20.1 Å². The molecule has 1 aromatic carbocycles. The summed E-state index contributed by atoms with van der Waals surface area (Å²) in [5.41, 5.74) is 1.19. The Hall–Kier alpha value is -1.06. The van der Waals surface area contributed by atoms with Crippen molar-refractivity contribution >= 4 is 17.5 Å². The molecule has 0 saturated carbocycles. The first-order valence-electron chi connectivity index (χ1n) is 6.42. The van der Waals surface area contributed by atoms with E-state index in [1.165, 1.54) is 5.56 Å². The lowest BCUT2D eigenvalue weighted by Crippen LogP contribution is -2.32. The van der Waals surface area contributed by atoms with E-state index in [0.717, 1.165) is 31.0 Å². The molecule has 1 aliphatic rings. The molecule has 1 amide bonds. The van der Waals surface area contributed by atoms with Gasteiger partial charge in [-0.05, 0) is 37.6 Å². The van der Waals surface area contributed by atoms with Crippen molar-refractivity contribution in [3.8, 4) is 0 Å². The summed E-state index contributed by atoms with van der Waals surface area (Å²) in [6, 6.07) is 8.07. The molecule has 3 nitrogen and oxygen atoms in total. The number of hydrogen-bond donors (Lipinski definition) is 1. The summed E-state index contributed by atoms with van der Waals surface area (Å²) in [6.07, 6.45) is 2.70. The molecule has 18 heavy (non-hydrogen) atoms. The predicted octanol–water partition coefficient (Wildman–Crippen LogP) is 2.61. The number of benzene rings is 1. The van der Waals surface area contributed by atoms with Gasteiger partial charge >= 0.3 is 0 Å². The van der Waals surface area contributed by atoms with E-state index in [0.29, 0.717) is 6.42 Å². The monoisotopic (exact) mass is 266 g/mol. The summed E-state index contributed by atoms with van der Waals surface area (Å²) in [4.78, 5) is 14.1. The van der Waals surface area contributed by atoms with Crippen molar-refractivity contribution in [2.45, 2.75) is 25.3 Å². The van der Waals surface area contributed by atoms with Gasteiger partial charge in [0, 0.05) is 24.5 Å². The van der Waals surface area contributed by atoms with Crippen LogP contribution in [0.4, 0.5) is 0 Å². The zero-order valence-electron chi connectivity index (χ0n) is 10.7.